The lowest BCUT2D eigenvalue weighted by molar-refractivity contribution is -0.150. The average Bonchev–Trinajstić information content (AvgIpc) is 2.38. The molecule has 0 aliphatic heterocycles. The fourth-order valence-corrected chi connectivity index (χ4v) is 1.56. The molecule has 0 heterocycles. The van der Waals surface area contributed by atoms with Crippen molar-refractivity contribution in [1.29, 1.82) is 5.26 Å². The highest BCUT2D eigenvalue weighted by Gasteiger charge is 2.27. The Hall–Kier alpha value is -1.86. The van der Waals surface area contributed by atoms with Crippen LogP contribution in [-0.2, 0) is 16.1 Å². The third-order valence-electron chi connectivity index (χ3n) is 2.72. The molecule has 0 atom stereocenters. The molecule has 0 aliphatic carbocycles. The van der Waals surface area contributed by atoms with Gasteiger partial charge in [0.25, 0.3) is 0 Å². The van der Waals surface area contributed by atoms with Gasteiger partial charge in [-0.15, -0.1) is 0 Å². The van der Waals surface area contributed by atoms with Crippen LogP contribution in [0, 0.1) is 16.7 Å². The van der Waals surface area contributed by atoms with Crippen molar-refractivity contribution in [3.63, 3.8) is 0 Å². The van der Waals surface area contributed by atoms with Crippen LogP contribution >= 0.6 is 0 Å². The maximum absolute atomic E-state index is 11.5. The fourth-order valence-electron chi connectivity index (χ4n) is 1.56. The lowest BCUT2D eigenvalue weighted by Gasteiger charge is -2.21. The van der Waals surface area contributed by atoms with E-state index in [1.807, 2.05) is 26.0 Å². The van der Waals surface area contributed by atoms with Crippen LogP contribution in [0.5, 0.6) is 0 Å². The topological polar surface area (TPSA) is 62.1 Å². The number of benzene rings is 1. The molecule has 0 unspecified atom stereocenters. The third-order valence-corrected chi connectivity index (χ3v) is 2.72. The number of nitrogens with one attached hydrogen (secondary N) is 1. The number of rotatable bonds is 5. The Morgan fingerprint density at radius 3 is 2.50 bits per heavy atom. The first kappa shape index (κ1) is 14.2. The summed E-state index contributed by atoms with van der Waals surface area (Å²) in [6.07, 6.45) is 0. The molecule has 4 heteroatoms. The Morgan fingerprint density at radius 2 is 2.00 bits per heavy atom. The number of nitriles is 1. The Morgan fingerprint density at radius 1 is 1.39 bits per heavy atom. The number of hydrogen-bond donors (Lipinski definition) is 1. The summed E-state index contributed by atoms with van der Waals surface area (Å²) in [7, 11) is 1.39. The maximum atomic E-state index is 11.5. The van der Waals surface area contributed by atoms with E-state index in [2.05, 4.69) is 11.4 Å². The summed E-state index contributed by atoms with van der Waals surface area (Å²) >= 11 is 0. The Bertz CT molecular complexity index is 444. The molecule has 1 N–H and O–H groups in total. The minimum Gasteiger partial charge on any atom is -0.469 e. The molecule has 1 aromatic rings. The summed E-state index contributed by atoms with van der Waals surface area (Å²) in [5, 5.41) is 11.9. The molecular formula is C14H18N2O2. The van der Waals surface area contributed by atoms with Crippen LogP contribution in [0.4, 0.5) is 0 Å². The maximum Gasteiger partial charge on any atom is 0.312 e. The molecular weight excluding hydrogens is 228 g/mol. The van der Waals surface area contributed by atoms with E-state index in [0.29, 0.717) is 18.7 Å². The second kappa shape index (κ2) is 6.18. The molecule has 0 aromatic heterocycles. The van der Waals surface area contributed by atoms with Gasteiger partial charge in [-0.1, -0.05) is 12.1 Å². The number of nitrogens with zero attached hydrogens (tertiary/aromatic N) is 1. The Labute approximate surface area is 108 Å². The minimum atomic E-state index is -0.540. The second-order valence-corrected chi connectivity index (χ2v) is 4.79. The van der Waals surface area contributed by atoms with Crippen LogP contribution in [0.1, 0.15) is 25.0 Å². The number of carbonyl (C=O) groups excluding carboxylic acids is 1. The van der Waals surface area contributed by atoms with Gasteiger partial charge >= 0.3 is 5.97 Å². The highest BCUT2D eigenvalue weighted by molar-refractivity contribution is 5.76. The van der Waals surface area contributed by atoms with Crippen molar-refractivity contribution in [2.75, 3.05) is 13.7 Å². The smallest absolute Gasteiger partial charge is 0.312 e. The number of ether oxygens (including phenoxy) is 1. The highest BCUT2D eigenvalue weighted by Crippen LogP contribution is 2.15. The van der Waals surface area contributed by atoms with Crippen LogP contribution in [0.25, 0.3) is 0 Å². The zero-order chi connectivity index (χ0) is 13.6. The standard InChI is InChI=1S/C14H18N2O2/c1-14(2,13(17)18-3)10-16-9-12-6-4-11(8-15)5-7-12/h4-7,16H,9-10H2,1-3H3. The molecule has 0 saturated carbocycles. The van der Waals surface area contributed by atoms with Crippen molar-refractivity contribution < 1.29 is 9.53 Å². The van der Waals surface area contributed by atoms with Gasteiger partial charge in [-0.25, -0.2) is 0 Å². The van der Waals surface area contributed by atoms with Gasteiger partial charge in [0.1, 0.15) is 0 Å². The van der Waals surface area contributed by atoms with Crippen LogP contribution in [0.3, 0.4) is 0 Å². The molecule has 0 amide bonds. The Kier molecular flexibility index (Phi) is 4.87. The van der Waals surface area contributed by atoms with Crippen molar-refractivity contribution in [2.45, 2.75) is 20.4 Å². The number of carbonyl (C=O) groups is 1. The van der Waals surface area contributed by atoms with E-state index in [-0.39, 0.29) is 5.97 Å². The van der Waals surface area contributed by atoms with E-state index in [1.165, 1.54) is 7.11 Å². The molecule has 0 saturated heterocycles. The van der Waals surface area contributed by atoms with E-state index in [9.17, 15) is 4.79 Å². The third kappa shape index (κ3) is 3.86. The zero-order valence-corrected chi connectivity index (χ0v) is 11.0. The largest absolute Gasteiger partial charge is 0.469 e. The molecule has 4 nitrogen and oxygen atoms in total. The van der Waals surface area contributed by atoms with Crippen LogP contribution in [-0.4, -0.2) is 19.6 Å². The predicted molar refractivity (Wildman–Crippen MR) is 68.7 cm³/mol. The van der Waals surface area contributed by atoms with Crippen molar-refractivity contribution in [3.05, 3.63) is 35.4 Å². The molecule has 1 aromatic carbocycles. The highest BCUT2D eigenvalue weighted by atomic mass is 16.5. The van der Waals surface area contributed by atoms with Crippen LogP contribution in [0.15, 0.2) is 24.3 Å². The minimum absolute atomic E-state index is 0.227. The molecule has 0 radical (unpaired) electrons. The molecule has 96 valence electrons. The van der Waals surface area contributed by atoms with E-state index < -0.39 is 5.41 Å². The van der Waals surface area contributed by atoms with Gasteiger partial charge in [0.2, 0.25) is 0 Å². The molecule has 0 fully saturated rings. The molecule has 1 rings (SSSR count). The van der Waals surface area contributed by atoms with Gasteiger partial charge in [-0.3, -0.25) is 4.79 Å². The lowest BCUT2D eigenvalue weighted by Crippen LogP contribution is -2.36. The zero-order valence-electron chi connectivity index (χ0n) is 11.0. The van der Waals surface area contributed by atoms with E-state index >= 15 is 0 Å². The summed E-state index contributed by atoms with van der Waals surface area (Å²) in [6.45, 7) is 4.88. The van der Waals surface area contributed by atoms with Crippen LogP contribution in [0.2, 0.25) is 0 Å². The summed E-state index contributed by atoms with van der Waals surface area (Å²) in [6, 6.07) is 9.43. The number of hydrogen-bond acceptors (Lipinski definition) is 4. The van der Waals surface area contributed by atoms with Gasteiger partial charge in [0, 0.05) is 13.1 Å². The van der Waals surface area contributed by atoms with Gasteiger partial charge in [0.15, 0.2) is 0 Å². The van der Waals surface area contributed by atoms with Gasteiger partial charge in [0.05, 0.1) is 24.2 Å². The first-order valence-corrected chi connectivity index (χ1v) is 5.78. The monoisotopic (exact) mass is 246 g/mol. The normalized spacial score (nSPS) is 10.8. The van der Waals surface area contributed by atoms with Crippen molar-refractivity contribution in [3.8, 4) is 6.07 Å². The van der Waals surface area contributed by atoms with E-state index in [1.54, 1.807) is 12.1 Å². The summed E-state index contributed by atoms with van der Waals surface area (Å²) < 4.78 is 4.73. The fraction of sp³-hybridized carbons (Fsp3) is 0.429. The summed E-state index contributed by atoms with van der Waals surface area (Å²) in [5.74, 6) is -0.227. The summed E-state index contributed by atoms with van der Waals surface area (Å²) in [4.78, 5) is 11.5. The molecule has 0 spiro atoms. The van der Waals surface area contributed by atoms with Crippen LogP contribution < -0.4 is 5.32 Å². The van der Waals surface area contributed by atoms with Gasteiger partial charge < -0.3 is 10.1 Å². The Balaban J connectivity index is 2.46. The van der Waals surface area contributed by atoms with Gasteiger partial charge in [-0.2, -0.15) is 5.26 Å². The predicted octanol–water partition coefficient (Wildman–Crippen LogP) is 1.85. The van der Waals surface area contributed by atoms with Crippen molar-refractivity contribution in [1.82, 2.24) is 5.32 Å². The van der Waals surface area contributed by atoms with Gasteiger partial charge in [-0.05, 0) is 31.5 Å². The van der Waals surface area contributed by atoms with E-state index in [4.69, 9.17) is 10.00 Å². The van der Waals surface area contributed by atoms with Crippen molar-refractivity contribution >= 4 is 5.97 Å². The average molecular weight is 246 g/mol. The quantitative estimate of drug-likeness (QED) is 0.805. The number of esters is 1. The SMILES string of the molecule is COC(=O)C(C)(C)CNCc1ccc(C#N)cc1. The molecule has 0 aliphatic rings. The van der Waals surface area contributed by atoms with Crippen molar-refractivity contribution in [2.24, 2.45) is 5.41 Å². The number of methoxy groups -OCH3 is 1. The summed E-state index contributed by atoms with van der Waals surface area (Å²) in [5.41, 5.74) is 1.18. The lowest BCUT2D eigenvalue weighted by atomic mass is 9.93. The first-order valence-electron chi connectivity index (χ1n) is 5.78. The molecule has 0 bridgehead atoms. The first-order chi connectivity index (χ1) is 8.49. The molecule has 18 heavy (non-hydrogen) atoms. The van der Waals surface area contributed by atoms with E-state index in [0.717, 1.165) is 5.56 Å². The second-order valence-electron chi connectivity index (χ2n) is 4.79.